The topological polar surface area (TPSA) is 89.6 Å². The van der Waals surface area contributed by atoms with Crippen LogP contribution in [0.4, 0.5) is 0 Å². The highest BCUT2D eigenvalue weighted by Gasteiger charge is 2.30. The van der Waals surface area contributed by atoms with Crippen molar-refractivity contribution in [2.45, 2.75) is 18.7 Å². The first-order valence-corrected chi connectivity index (χ1v) is 8.61. The Labute approximate surface area is 131 Å². The lowest BCUT2D eigenvalue weighted by atomic mass is 10.3. The molecule has 0 atom stereocenters. The highest BCUT2D eigenvalue weighted by molar-refractivity contribution is 7.89. The van der Waals surface area contributed by atoms with Gasteiger partial charge in [0.15, 0.2) is 0 Å². The molecule has 0 bridgehead atoms. The molecular weight excluding hydrogens is 306 g/mol. The second-order valence-corrected chi connectivity index (χ2v) is 7.69. The van der Waals surface area contributed by atoms with Crippen LogP contribution in [0, 0.1) is 13.8 Å². The highest BCUT2D eigenvalue weighted by atomic mass is 32.2. The van der Waals surface area contributed by atoms with E-state index in [1.54, 1.807) is 18.7 Å². The molecule has 0 spiro atoms. The summed E-state index contributed by atoms with van der Waals surface area (Å²) in [5.41, 5.74) is 0.896. The van der Waals surface area contributed by atoms with Crippen molar-refractivity contribution in [2.24, 2.45) is 0 Å². The molecule has 1 fully saturated rings. The molecule has 0 radical (unpaired) electrons. The Bertz CT molecular complexity index is 627. The zero-order valence-electron chi connectivity index (χ0n) is 13.5. The van der Waals surface area contributed by atoms with E-state index in [0.29, 0.717) is 24.5 Å². The minimum absolute atomic E-state index is 0.154. The van der Waals surface area contributed by atoms with Gasteiger partial charge in [-0.15, -0.1) is 0 Å². The van der Waals surface area contributed by atoms with Gasteiger partial charge in [0.25, 0.3) is 0 Å². The predicted molar refractivity (Wildman–Crippen MR) is 82.0 cm³/mol. The van der Waals surface area contributed by atoms with Crippen LogP contribution in [0.25, 0.3) is 0 Å². The summed E-state index contributed by atoms with van der Waals surface area (Å²) in [6, 6.07) is 0. The van der Waals surface area contributed by atoms with Crippen molar-refractivity contribution in [2.75, 3.05) is 46.8 Å². The Morgan fingerprint density at radius 1 is 1.27 bits per heavy atom. The maximum absolute atomic E-state index is 12.6. The van der Waals surface area contributed by atoms with Gasteiger partial charge in [-0.3, -0.25) is 9.89 Å². The summed E-state index contributed by atoms with van der Waals surface area (Å²) >= 11 is 0. The van der Waals surface area contributed by atoms with Gasteiger partial charge in [0, 0.05) is 33.2 Å². The Kier molecular flexibility index (Phi) is 4.88. The third kappa shape index (κ3) is 3.31. The fraction of sp³-hybridized carbons (Fsp3) is 0.692. The van der Waals surface area contributed by atoms with E-state index in [1.165, 1.54) is 7.05 Å². The number of aromatic nitrogens is 2. The summed E-state index contributed by atoms with van der Waals surface area (Å²) in [7, 11) is -0.291. The number of nitrogens with zero attached hydrogens (tertiary/aromatic N) is 4. The molecule has 2 heterocycles. The summed E-state index contributed by atoms with van der Waals surface area (Å²) in [6.45, 7) is 6.01. The van der Waals surface area contributed by atoms with Crippen molar-refractivity contribution in [1.82, 2.24) is 24.3 Å². The number of piperazine rings is 1. The van der Waals surface area contributed by atoms with Crippen LogP contribution in [0.1, 0.15) is 11.4 Å². The number of carbonyl (C=O) groups excluding carboxylic acids is 1. The lowest BCUT2D eigenvalue weighted by molar-refractivity contribution is -0.132. The standard InChI is InChI=1S/C13H23N5O3S/c1-10-13(11(2)15-14-10)22(20,21)17(4)9-12(19)18-7-5-16(3)6-8-18/h5-9H2,1-4H3,(H,14,15). The maximum atomic E-state index is 12.6. The minimum Gasteiger partial charge on any atom is -0.339 e. The Balaban J connectivity index is 2.08. The lowest BCUT2D eigenvalue weighted by Crippen LogP contribution is -2.50. The number of aromatic amines is 1. The van der Waals surface area contributed by atoms with Gasteiger partial charge in [-0.25, -0.2) is 8.42 Å². The molecule has 1 N–H and O–H groups in total. The molecule has 1 amide bonds. The lowest BCUT2D eigenvalue weighted by Gasteiger charge is -2.33. The van der Waals surface area contributed by atoms with Crippen LogP contribution in [0.2, 0.25) is 0 Å². The first-order valence-electron chi connectivity index (χ1n) is 7.17. The average Bonchev–Trinajstić information content (AvgIpc) is 2.79. The van der Waals surface area contributed by atoms with Crippen LogP contribution < -0.4 is 0 Å². The number of likely N-dealkylation sites (N-methyl/N-ethyl adjacent to an activating group) is 2. The molecule has 1 aliphatic rings. The zero-order chi connectivity index (χ0) is 16.5. The van der Waals surface area contributed by atoms with Crippen molar-refractivity contribution in [3.63, 3.8) is 0 Å². The molecule has 8 nitrogen and oxygen atoms in total. The van der Waals surface area contributed by atoms with Crippen molar-refractivity contribution in [3.05, 3.63) is 11.4 Å². The fourth-order valence-corrected chi connectivity index (χ4v) is 3.95. The highest BCUT2D eigenvalue weighted by Crippen LogP contribution is 2.20. The van der Waals surface area contributed by atoms with E-state index in [2.05, 4.69) is 15.1 Å². The Morgan fingerprint density at radius 3 is 2.36 bits per heavy atom. The van der Waals surface area contributed by atoms with Crippen LogP contribution in [0.15, 0.2) is 4.90 Å². The maximum Gasteiger partial charge on any atom is 0.246 e. The van der Waals surface area contributed by atoms with Gasteiger partial charge < -0.3 is 9.80 Å². The monoisotopic (exact) mass is 329 g/mol. The molecule has 22 heavy (non-hydrogen) atoms. The number of sulfonamides is 1. The van der Waals surface area contributed by atoms with Gasteiger partial charge in [0.1, 0.15) is 4.90 Å². The van der Waals surface area contributed by atoms with Crippen LogP contribution >= 0.6 is 0 Å². The quantitative estimate of drug-likeness (QED) is 0.798. The summed E-state index contributed by atoms with van der Waals surface area (Å²) in [6.07, 6.45) is 0. The number of hydrogen-bond acceptors (Lipinski definition) is 5. The van der Waals surface area contributed by atoms with Crippen LogP contribution in [-0.4, -0.2) is 85.4 Å². The minimum atomic E-state index is -3.72. The smallest absolute Gasteiger partial charge is 0.246 e. The molecule has 124 valence electrons. The van der Waals surface area contributed by atoms with Crippen LogP contribution in [-0.2, 0) is 14.8 Å². The number of aryl methyl sites for hydroxylation is 2. The molecular formula is C13H23N5O3S. The second kappa shape index (κ2) is 6.35. The zero-order valence-corrected chi connectivity index (χ0v) is 14.3. The summed E-state index contributed by atoms with van der Waals surface area (Å²) in [5, 5.41) is 6.57. The molecule has 1 aromatic heterocycles. The molecule has 0 unspecified atom stereocenters. The van der Waals surface area contributed by atoms with Crippen molar-refractivity contribution < 1.29 is 13.2 Å². The first kappa shape index (κ1) is 16.9. The van der Waals surface area contributed by atoms with E-state index in [-0.39, 0.29) is 17.3 Å². The van der Waals surface area contributed by atoms with Gasteiger partial charge in [-0.1, -0.05) is 0 Å². The number of H-pyrrole nitrogens is 1. The Hall–Kier alpha value is -1.45. The number of carbonyl (C=O) groups is 1. The van der Waals surface area contributed by atoms with Crippen molar-refractivity contribution in [1.29, 1.82) is 0 Å². The third-order valence-corrected chi connectivity index (χ3v) is 6.01. The van der Waals surface area contributed by atoms with E-state index in [0.717, 1.165) is 17.4 Å². The molecule has 0 saturated carbocycles. The first-order chi connectivity index (χ1) is 10.2. The van der Waals surface area contributed by atoms with Gasteiger partial charge in [-0.05, 0) is 20.9 Å². The van der Waals surface area contributed by atoms with E-state index >= 15 is 0 Å². The normalized spacial score (nSPS) is 17.2. The molecule has 0 aromatic carbocycles. The van der Waals surface area contributed by atoms with E-state index < -0.39 is 10.0 Å². The van der Waals surface area contributed by atoms with Crippen LogP contribution in [0.3, 0.4) is 0 Å². The Morgan fingerprint density at radius 2 is 1.86 bits per heavy atom. The van der Waals surface area contributed by atoms with Crippen molar-refractivity contribution >= 4 is 15.9 Å². The summed E-state index contributed by atoms with van der Waals surface area (Å²) in [4.78, 5) is 16.3. The largest absolute Gasteiger partial charge is 0.339 e. The molecule has 1 aliphatic heterocycles. The number of amides is 1. The van der Waals surface area contributed by atoms with Gasteiger partial charge in [0.2, 0.25) is 15.9 Å². The molecule has 1 aromatic rings. The van der Waals surface area contributed by atoms with Gasteiger partial charge in [-0.2, -0.15) is 9.40 Å². The van der Waals surface area contributed by atoms with E-state index in [1.807, 2.05) is 7.05 Å². The summed E-state index contributed by atoms with van der Waals surface area (Å²) < 4.78 is 26.3. The van der Waals surface area contributed by atoms with E-state index in [9.17, 15) is 13.2 Å². The molecule has 2 rings (SSSR count). The SMILES string of the molecule is Cc1n[nH]c(C)c1S(=O)(=O)N(C)CC(=O)N1CCN(C)CC1. The van der Waals surface area contributed by atoms with Crippen LogP contribution in [0.5, 0.6) is 0 Å². The van der Waals surface area contributed by atoms with Gasteiger partial charge in [0.05, 0.1) is 17.9 Å². The molecule has 1 saturated heterocycles. The summed E-state index contributed by atoms with van der Waals surface area (Å²) in [5.74, 6) is -0.169. The number of nitrogens with one attached hydrogen (secondary N) is 1. The number of rotatable bonds is 4. The van der Waals surface area contributed by atoms with Gasteiger partial charge >= 0.3 is 0 Å². The molecule has 0 aliphatic carbocycles. The predicted octanol–water partition coefficient (Wildman–Crippen LogP) is -0.579. The number of hydrogen-bond donors (Lipinski definition) is 1. The van der Waals surface area contributed by atoms with E-state index in [4.69, 9.17) is 0 Å². The van der Waals surface area contributed by atoms with Crippen molar-refractivity contribution in [3.8, 4) is 0 Å². The fourth-order valence-electron chi connectivity index (χ4n) is 2.51. The second-order valence-electron chi connectivity index (χ2n) is 5.71. The third-order valence-electron chi connectivity index (χ3n) is 3.94. The molecule has 9 heteroatoms. The average molecular weight is 329 g/mol.